The van der Waals surface area contributed by atoms with Gasteiger partial charge in [-0.3, -0.25) is 23.6 Å². The molecule has 0 radical (unpaired) electrons. The molecule has 0 N–H and O–H groups in total. The number of hydrogen-bond donors (Lipinski definition) is 0. The van der Waals surface area contributed by atoms with Crippen molar-refractivity contribution < 1.29 is 45.9 Å². The SMILES string of the molecule is CCOP(=O)(OCC)C(=Cc1ccc(F)c(OCCCCN2C(=O)c3ccccc3C2=O)c1)P(=O)(OCC)OCC. The minimum atomic E-state index is -4.12. The van der Waals surface area contributed by atoms with Crippen LogP contribution in [0.15, 0.2) is 47.5 Å². The molecule has 13 heteroatoms. The number of imide groups is 1. The maximum atomic E-state index is 14.6. The molecule has 0 fully saturated rings. The van der Waals surface area contributed by atoms with E-state index in [4.69, 9.17) is 22.8 Å². The Morgan fingerprint density at radius 2 is 1.32 bits per heavy atom. The standard InChI is InChI=1S/C28H36FNO9P2/c1-5-36-40(33,37-6-2)26(41(34,38-7-3)39-8-4)20-21-15-16-24(29)25(19-21)35-18-12-11-17-30-27(31)22-13-9-10-14-23(22)28(30)32/h9-10,13-16,19-20H,5-8,11-12,17-18H2,1-4H3. The van der Waals surface area contributed by atoms with Crippen molar-refractivity contribution in [3.8, 4) is 5.75 Å². The van der Waals surface area contributed by atoms with Crippen molar-refractivity contribution in [2.45, 2.75) is 40.5 Å². The van der Waals surface area contributed by atoms with Gasteiger partial charge in [0.2, 0.25) is 0 Å². The second-order valence-electron chi connectivity index (χ2n) is 8.72. The summed E-state index contributed by atoms with van der Waals surface area (Å²) in [5.41, 5.74) is 1.08. The van der Waals surface area contributed by atoms with Crippen LogP contribution in [0.25, 0.3) is 6.08 Å². The first-order valence-electron chi connectivity index (χ1n) is 13.5. The van der Waals surface area contributed by atoms with E-state index in [1.807, 2.05) is 0 Å². The molecule has 0 atom stereocenters. The Balaban J connectivity index is 1.75. The predicted molar refractivity (Wildman–Crippen MR) is 153 cm³/mol. The zero-order valence-corrected chi connectivity index (χ0v) is 25.5. The third-order valence-electron chi connectivity index (χ3n) is 5.92. The number of hydrogen-bond acceptors (Lipinski definition) is 9. The number of benzene rings is 2. The smallest absolute Gasteiger partial charge is 0.369 e. The van der Waals surface area contributed by atoms with Gasteiger partial charge in [-0.1, -0.05) is 18.2 Å². The van der Waals surface area contributed by atoms with E-state index in [2.05, 4.69) is 0 Å². The summed E-state index contributed by atoms with van der Waals surface area (Å²) < 4.78 is 69.5. The fourth-order valence-electron chi connectivity index (χ4n) is 4.19. The Kier molecular flexibility index (Phi) is 12.0. The average molecular weight is 612 g/mol. The largest absolute Gasteiger partial charge is 0.490 e. The van der Waals surface area contributed by atoms with Crippen molar-refractivity contribution in [2.75, 3.05) is 39.6 Å². The van der Waals surface area contributed by atoms with Crippen LogP contribution in [-0.2, 0) is 27.2 Å². The van der Waals surface area contributed by atoms with Gasteiger partial charge in [0.15, 0.2) is 16.6 Å². The second kappa shape index (κ2) is 15.0. The van der Waals surface area contributed by atoms with E-state index in [1.165, 1.54) is 23.1 Å². The van der Waals surface area contributed by atoms with Crippen LogP contribution in [0.2, 0.25) is 0 Å². The molecular formula is C28H36FNO9P2. The highest BCUT2D eigenvalue weighted by Crippen LogP contribution is 2.74. The molecule has 3 rings (SSSR count). The summed E-state index contributed by atoms with van der Waals surface area (Å²) in [5.74, 6) is -1.40. The molecule has 0 aliphatic carbocycles. The summed E-state index contributed by atoms with van der Waals surface area (Å²) in [7, 11) is -8.24. The van der Waals surface area contributed by atoms with E-state index < -0.39 is 21.0 Å². The summed E-state index contributed by atoms with van der Waals surface area (Å²) in [5, 5.41) is -0.295. The van der Waals surface area contributed by atoms with Crippen molar-refractivity contribution in [1.82, 2.24) is 4.90 Å². The first-order chi connectivity index (χ1) is 19.6. The van der Waals surface area contributed by atoms with Gasteiger partial charge >= 0.3 is 15.2 Å². The van der Waals surface area contributed by atoms with Gasteiger partial charge < -0.3 is 22.8 Å². The number of fused-ring (bicyclic) bond motifs is 1. The Labute approximate surface area is 239 Å². The maximum Gasteiger partial charge on any atom is 0.369 e. The Hall–Kier alpha value is -2.65. The Morgan fingerprint density at radius 1 is 0.805 bits per heavy atom. The highest BCUT2D eigenvalue weighted by atomic mass is 31.2. The molecule has 41 heavy (non-hydrogen) atoms. The van der Waals surface area contributed by atoms with Crippen LogP contribution in [0, 0.1) is 5.82 Å². The number of halogens is 1. The van der Waals surface area contributed by atoms with Gasteiger partial charge in [0.05, 0.1) is 44.2 Å². The van der Waals surface area contributed by atoms with E-state index in [1.54, 1.807) is 52.0 Å². The number of nitrogens with zero attached hydrogens (tertiary/aromatic N) is 1. The van der Waals surface area contributed by atoms with Crippen LogP contribution in [0.1, 0.15) is 66.8 Å². The van der Waals surface area contributed by atoms with Crippen LogP contribution in [0.3, 0.4) is 0 Å². The molecule has 0 aromatic heterocycles. The molecule has 1 heterocycles. The van der Waals surface area contributed by atoms with E-state index in [0.717, 1.165) is 6.07 Å². The van der Waals surface area contributed by atoms with E-state index in [0.29, 0.717) is 29.5 Å². The van der Waals surface area contributed by atoms with Gasteiger partial charge in [-0.05, 0) is 76.4 Å². The van der Waals surface area contributed by atoms with Crippen molar-refractivity contribution >= 4 is 33.1 Å². The van der Waals surface area contributed by atoms with Crippen LogP contribution in [-0.4, -0.2) is 56.3 Å². The first kappa shape index (κ1) is 32.9. The summed E-state index contributed by atoms with van der Waals surface area (Å²) in [6.07, 6.45) is 2.19. The highest BCUT2D eigenvalue weighted by molar-refractivity contribution is 7.79. The fourth-order valence-corrected chi connectivity index (χ4v) is 8.74. The van der Waals surface area contributed by atoms with E-state index in [9.17, 15) is 23.1 Å². The van der Waals surface area contributed by atoms with Crippen molar-refractivity contribution in [3.05, 3.63) is 70.0 Å². The third kappa shape index (κ3) is 7.80. The highest BCUT2D eigenvalue weighted by Gasteiger charge is 2.45. The van der Waals surface area contributed by atoms with E-state index in [-0.39, 0.29) is 62.2 Å². The molecule has 1 aliphatic heterocycles. The second-order valence-corrected chi connectivity index (χ2v) is 13.1. The maximum absolute atomic E-state index is 14.6. The molecule has 2 amide bonds. The number of unbranched alkanes of at least 4 members (excludes halogenated alkanes) is 1. The molecule has 0 saturated carbocycles. The fraction of sp³-hybridized carbons (Fsp3) is 0.429. The molecule has 1 aliphatic rings. The van der Waals surface area contributed by atoms with Gasteiger partial charge in [0.25, 0.3) is 11.8 Å². The molecule has 2 aromatic carbocycles. The number of carbonyl (C=O) groups is 2. The zero-order valence-electron chi connectivity index (χ0n) is 23.7. The molecule has 2 aromatic rings. The van der Waals surface area contributed by atoms with Crippen molar-refractivity contribution in [2.24, 2.45) is 0 Å². The Bertz CT molecular complexity index is 1280. The van der Waals surface area contributed by atoms with Crippen LogP contribution in [0.5, 0.6) is 5.75 Å². The average Bonchev–Trinajstić information content (AvgIpc) is 3.18. The minimum absolute atomic E-state index is 0.00532. The van der Waals surface area contributed by atoms with Crippen LogP contribution < -0.4 is 4.74 Å². The summed E-state index contributed by atoms with van der Waals surface area (Å²) in [6.45, 7) is 6.81. The lowest BCUT2D eigenvalue weighted by Gasteiger charge is -2.25. The monoisotopic (exact) mass is 611 g/mol. The summed E-state index contributed by atoms with van der Waals surface area (Å²) in [6, 6.07) is 10.6. The van der Waals surface area contributed by atoms with Gasteiger partial charge in [-0.15, -0.1) is 0 Å². The lowest BCUT2D eigenvalue weighted by Crippen LogP contribution is -2.30. The number of carbonyl (C=O) groups excluding carboxylic acids is 2. The number of rotatable bonds is 17. The number of amides is 2. The van der Waals surface area contributed by atoms with E-state index >= 15 is 0 Å². The topological polar surface area (TPSA) is 118 Å². The van der Waals surface area contributed by atoms with Gasteiger partial charge in [0.1, 0.15) is 0 Å². The normalized spacial score (nSPS) is 13.4. The Morgan fingerprint density at radius 3 is 1.80 bits per heavy atom. The molecule has 0 spiro atoms. The zero-order chi connectivity index (χ0) is 30.0. The van der Waals surface area contributed by atoms with Crippen LogP contribution >= 0.6 is 15.2 Å². The van der Waals surface area contributed by atoms with Gasteiger partial charge in [-0.25, -0.2) is 4.39 Å². The lowest BCUT2D eigenvalue weighted by molar-refractivity contribution is 0.0649. The quantitative estimate of drug-likeness (QED) is 0.105. The minimum Gasteiger partial charge on any atom is -0.490 e. The van der Waals surface area contributed by atoms with Crippen molar-refractivity contribution in [3.63, 3.8) is 0 Å². The van der Waals surface area contributed by atoms with Gasteiger partial charge in [0, 0.05) is 6.54 Å². The molecule has 0 bridgehead atoms. The molecule has 224 valence electrons. The number of ether oxygens (including phenoxy) is 1. The predicted octanol–water partition coefficient (Wildman–Crippen LogP) is 7.11. The molecule has 0 saturated heterocycles. The summed E-state index contributed by atoms with van der Waals surface area (Å²) in [4.78, 5) is 26.2. The molecular weight excluding hydrogens is 575 g/mol. The summed E-state index contributed by atoms with van der Waals surface area (Å²) >= 11 is 0. The van der Waals surface area contributed by atoms with Crippen LogP contribution in [0.4, 0.5) is 4.39 Å². The third-order valence-corrected chi connectivity index (χ3v) is 11.2. The van der Waals surface area contributed by atoms with Gasteiger partial charge in [-0.2, -0.15) is 0 Å². The molecule has 0 unspecified atom stereocenters. The van der Waals surface area contributed by atoms with Crippen molar-refractivity contribution in [1.29, 1.82) is 0 Å². The lowest BCUT2D eigenvalue weighted by atomic mass is 10.1. The molecule has 10 nitrogen and oxygen atoms in total. The first-order valence-corrected chi connectivity index (χ1v) is 16.6.